The molecule has 0 aliphatic heterocycles. The van der Waals surface area contributed by atoms with Gasteiger partial charge in [0.05, 0.1) is 39.7 Å². The maximum atomic E-state index is 11.8. The van der Waals surface area contributed by atoms with E-state index in [9.17, 15) is 4.79 Å². The summed E-state index contributed by atoms with van der Waals surface area (Å²) in [6.07, 6.45) is 0.638. The van der Waals surface area contributed by atoms with Crippen LogP contribution in [0.4, 0.5) is 10.5 Å². The summed E-state index contributed by atoms with van der Waals surface area (Å²) in [5.41, 5.74) is 0.495. The lowest BCUT2D eigenvalue weighted by molar-refractivity contribution is 0.222. The van der Waals surface area contributed by atoms with Crippen molar-refractivity contribution in [1.82, 2.24) is 5.32 Å². The number of carbonyl (C=O) groups excluding carboxylic acids is 1. The molecule has 1 aromatic rings. The number of hydrogen-bond donors (Lipinski definition) is 3. The van der Waals surface area contributed by atoms with Gasteiger partial charge < -0.3 is 30.0 Å². The fourth-order valence-corrected chi connectivity index (χ4v) is 1.78. The van der Waals surface area contributed by atoms with Crippen molar-refractivity contribution in [2.75, 3.05) is 33.3 Å². The zero-order valence-electron chi connectivity index (χ0n) is 12.7. The van der Waals surface area contributed by atoms with E-state index in [4.69, 9.17) is 19.3 Å². The molecule has 0 fully saturated rings. The van der Waals surface area contributed by atoms with Crippen molar-refractivity contribution < 1.29 is 24.1 Å². The van der Waals surface area contributed by atoms with Crippen molar-refractivity contribution in [3.63, 3.8) is 0 Å². The lowest BCUT2D eigenvalue weighted by atomic mass is 10.2. The van der Waals surface area contributed by atoms with Gasteiger partial charge in [-0.3, -0.25) is 0 Å². The molecule has 0 heterocycles. The largest absolute Gasteiger partial charge is 0.493 e. The number of rotatable bonds is 7. The van der Waals surface area contributed by atoms with Gasteiger partial charge in [0, 0.05) is 12.1 Å². The summed E-state index contributed by atoms with van der Waals surface area (Å²) in [5, 5.41) is 14.4. The van der Waals surface area contributed by atoms with Crippen molar-refractivity contribution >= 4 is 11.7 Å². The smallest absolute Gasteiger partial charge is 0.319 e. The first-order valence-electron chi connectivity index (χ1n) is 6.57. The van der Waals surface area contributed by atoms with Gasteiger partial charge in [-0.2, -0.15) is 0 Å². The molecule has 0 bridgehead atoms. The van der Waals surface area contributed by atoms with E-state index in [1.807, 2.05) is 6.92 Å². The highest BCUT2D eigenvalue weighted by Gasteiger charge is 2.15. The molecule has 3 N–H and O–H groups in total. The standard InChI is InChI=1S/C14H22N2O5/c1-5-9(8-17)15-14(18)16-10-6-11(19-2)13(21-4)12(7-10)20-3/h6-7,9,17H,5,8H2,1-4H3,(H2,15,16,18). The normalized spacial score (nSPS) is 11.5. The number of amides is 2. The minimum Gasteiger partial charge on any atom is -0.493 e. The van der Waals surface area contributed by atoms with Crippen LogP contribution in [0.3, 0.4) is 0 Å². The van der Waals surface area contributed by atoms with Crippen molar-refractivity contribution in [3.8, 4) is 17.2 Å². The lowest BCUT2D eigenvalue weighted by Gasteiger charge is -2.17. The average Bonchev–Trinajstić information content (AvgIpc) is 2.51. The second kappa shape index (κ2) is 8.21. The van der Waals surface area contributed by atoms with Crippen LogP contribution in [0.5, 0.6) is 17.2 Å². The number of nitrogens with one attached hydrogen (secondary N) is 2. The van der Waals surface area contributed by atoms with E-state index in [2.05, 4.69) is 10.6 Å². The van der Waals surface area contributed by atoms with Crippen molar-refractivity contribution in [2.45, 2.75) is 19.4 Å². The highest BCUT2D eigenvalue weighted by Crippen LogP contribution is 2.39. The van der Waals surface area contributed by atoms with Crippen LogP contribution in [0.25, 0.3) is 0 Å². The number of methoxy groups -OCH3 is 3. The third-order valence-electron chi connectivity index (χ3n) is 2.97. The fourth-order valence-electron chi connectivity index (χ4n) is 1.78. The van der Waals surface area contributed by atoms with Crippen LogP contribution in [0, 0.1) is 0 Å². The highest BCUT2D eigenvalue weighted by atomic mass is 16.5. The Balaban J connectivity index is 2.91. The molecular formula is C14H22N2O5. The van der Waals surface area contributed by atoms with Crippen molar-refractivity contribution in [2.24, 2.45) is 0 Å². The second-order valence-corrected chi connectivity index (χ2v) is 4.30. The van der Waals surface area contributed by atoms with E-state index >= 15 is 0 Å². The molecule has 0 spiro atoms. The Morgan fingerprint density at radius 1 is 1.19 bits per heavy atom. The predicted molar refractivity (Wildman–Crippen MR) is 79.4 cm³/mol. The maximum Gasteiger partial charge on any atom is 0.319 e. The summed E-state index contributed by atoms with van der Waals surface area (Å²) >= 11 is 0. The van der Waals surface area contributed by atoms with Crippen molar-refractivity contribution in [1.29, 1.82) is 0 Å². The molecule has 0 saturated carbocycles. The van der Waals surface area contributed by atoms with Gasteiger partial charge in [0.2, 0.25) is 5.75 Å². The highest BCUT2D eigenvalue weighted by molar-refractivity contribution is 5.90. The molecule has 1 atom stereocenters. The van der Waals surface area contributed by atoms with Crippen molar-refractivity contribution in [3.05, 3.63) is 12.1 Å². The quantitative estimate of drug-likeness (QED) is 0.711. The first-order valence-corrected chi connectivity index (χ1v) is 6.57. The molecule has 2 amide bonds. The van der Waals surface area contributed by atoms with E-state index in [0.717, 1.165) is 0 Å². The van der Waals surface area contributed by atoms with E-state index in [0.29, 0.717) is 29.4 Å². The Bertz CT molecular complexity index is 449. The Labute approximate surface area is 124 Å². The molecular weight excluding hydrogens is 276 g/mol. The number of anilines is 1. The van der Waals surface area contributed by atoms with Gasteiger partial charge in [0.25, 0.3) is 0 Å². The Hall–Kier alpha value is -2.15. The monoisotopic (exact) mass is 298 g/mol. The van der Waals surface area contributed by atoms with Gasteiger partial charge in [0.15, 0.2) is 11.5 Å². The van der Waals surface area contributed by atoms with E-state index in [-0.39, 0.29) is 12.6 Å². The molecule has 0 radical (unpaired) electrons. The summed E-state index contributed by atoms with van der Waals surface area (Å²) < 4.78 is 15.6. The Morgan fingerprint density at radius 3 is 2.14 bits per heavy atom. The summed E-state index contributed by atoms with van der Waals surface area (Å²) in [5.74, 6) is 1.34. The minimum absolute atomic E-state index is 0.112. The first-order chi connectivity index (χ1) is 10.1. The van der Waals surface area contributed by atoms with Gasteiger partial charge in [-0.1, -0.05) is 6.92 Å². The summed E-state index contributed by atoms with van der Waals surface area (Å²) in [4.78, 5) is 11.8. The minimum atomic E-state index is -0.412. The molecule has 0 aliphatic carbocycles. The average molecular weight is 298 g/mol. The van der Waals surface area contributed by atoms with Crippen LogP contribution in [0.1, 0.15) is 13.3 Å². The number of urea groups is 1. The molecule has 0 saturated heterocycles. The van der Waals surface area contributed by atoms with E-state index < -0.39 is 6.03 Å². The van der Waals surface area contributed by atoms with Crippen LogP contribution in [0.2, 0.25) is 0 Å². The van der Waals surface area contributed by atoms with E-state index in [1.165, 1.54) is 21.3 Å². The first kappa shape index (κ1) is 16.9. The molecule has 1 aromatic carbocycles. The molecule has 7 nitrogen and oxygen atoms in total. The Morgan fingerprint density at radius 2 is 1.76 bits per heavy atom. The summed E-state index contributed by atoms with van der Waals surface area (Å²) in [6, 6.07) is 2.55. The van der Waals surface area contributed by atoms with Gasteiger partial charge in [0.1, 0.15) is 0 Å². The third-order valence-corrected chi connectivity index (χ3v) is 2.97. The van der Waals surface area contributed by atoms with Crippen LogP contribution in [-0.4, -0.2) is 45.1 Å². The lowest BCUT2D eigenvalue weighted by Crippen LogP contribution is -2.39. The fraction of sp³-hybridized carbons (Fsp3) is 0.500. The second-order valence-electron chi connectivity index (χ2n) is 4.30. The van der Waals surface area contributed by atoms with Crippen LogP contribution < -0.4 is 24.8 Å². The molecule has 21 heavy (non-hydrogen) atoms. The summed E-state index contributed by atoms with van der Waals surface area (Å²) in [6.45, 7) is 1.76. The van der Waals surface area contributed by atoms with Crippen LogP contribution >= 0.6 is 0 Å². The molecule has 118 valence electrons. The zero-order valence-corrected chi connectivity index (χ0v) is 12.7. The molecule has 7 heteroatoms. The number of carbonyl (C=O) groups is 1. The van der Waals surface area contributed by atoms with Gasteiger partial charge in [-0.25, -0.2) is 4.79 Å². The molecule has 1 unspecified atom stereocenters. The van der Waals surface area contributed by atoms with Gasteiger partial charge in [-0.05, 0) is 6.42 Å². The number of hydrogen-bond acceptors (Lipinski definition) is 5. The van der Waals surface area contributed by atoms with Crippen LogP contribution in [-0.2, 0) is 0 Å². The third kappa shape index (κ3) is 4.42. The number of benzene rings is 1. The molecule has 1 rings (SSSR count). The SMILES string of the molecule is CCC(CO)NC(=O)Nc1cc(OC)c(OC)c(OC)c1. The Kier molecular flexibility index (Phi) is 6.61. The molecule has 0 aliphatic rings. The van der Waals surface area contributed by atoms with Gasteiger partial charge in [-0.15, -0.1) is 0 Å². The zero-order chi connectivity index (χ0) is 15.8. The van der Waals surface area contributed by atoms with E-state index in [1.54, 1.807) is 12.1 Å². The molecule has 0 aromatic heterocycles. The van der Waals surface area contributed by atoms with Crippen LogP contribution in [0.15, 0.2) is 12.1 Å². The maximum absolute atomic E-state index is 11.8. The number of aliphatic hydroxyl groups excluding tert-OH is 1. The van der Waals surface area contributed by atoms with Gasteiger partial charge >= 0.3 is 6.03 Å². The summed E-state index contributed by atoms with van der Waals surface area (Å²) in [7, 11) is 4.51. The topological polar surface area (TPSA) is 89.1 Å². The number of aliphatic hydroxyl groups is 1. The number of ether oxygens (including phenoxy) is 3. The predicted octanol–water partition coefficient (Wildman–Crippen LogP) is 1.60.